The first kappa shape index (κ1) is 13.6. The summed E-state index contributed by atoms with van der Waals surface area (Å²) < 4.78 is 4.74. The summed E-state index contributed by atoms with van der Waals surface area (Å²) in [5.41, 5.74) is 2.88. The summed E-state index contributed by atoms with van der Waals surface area (Å²) in [4.78, 5) is 11.5. The van der Waals surface area contributed by atoms with Crippen LogP contribution in [0.1, 0.15) is 18.4 Å². The monoisotopic (exact) mass is 274 g/mol. The normalized spacial score (nSPS) is 11.9. The Morgan fingerprint density at radius 3 is 2.42 bits per heavy atom. The Hall–Kier alpha value is -1.80. The summed E-state index contributed by atoms with van der Waals surface area (Å²) in [5, 5.41) is 0.638. The zero-order chi connectivity index (χ0) is 13.8. The Labute approximate surface area is 118 Å². The highest BCUT2D eigenvalue weighted by Crippen LogP contribution is 2.31. The van der Waals surface area contributed by atoms with E-state index in [4.69, 9.17) is 16.3 Å². The molecule has 0 amide bonds. The summed E-state index contributed by atoms with van der Waals surface area (Å²) >= 11 is 6.30. The van der Waals surface area contributed by atoms with E-state index in [1.807, 2.05) is 48.5 Å². The first-order valence-electron chi connectivity index (χ1n) is 6.06. The first-order valence-corrected chi connectivity index (χ1v) is 6.44. The van der Waals surface area contributed by atoms with Crippen molar-refractivity contribution in [3.8, 4) is 11.1 Å². The molecule has 0 bridgehead atoms. The fourth-order valence-electron chi connectivity index (χ4n) is 1.97. The predicted molar refractivity (Wildman–Crippen MR) is 77.3 cm³/mol. The minimum atomic E-state index is -0.313. The molecule has 0 N–H and O–H groups in total. The molecule has 0 aliphatic carbocycles. The molecule has 2 aromatic rings. The van der Waals surface area contributed by atoms with Gasteiger partial charge in [-0.05, 0) is 24.1 Å². The van der Waals surface area contributed by atoms with Gasteiger partial charge < -0.3 is 4.74 Å². The average Bonchev–Trinajstić information content (AvgIpc) is 2.46. The van der Waals surface area contributed by atoms with Crippen LogP contribution in [0.5, 0.6) is 0 Å². The highest BCUT2D eigenvalue weighted by Gasteiger charge is 2.16. The molecule has 98 valence electrons. The number of ether oxygens (including phenoxy) is 1. The molecule has 0 aromatic heterocycles. The van der Waals surface area contributed by atoms with E-state index < -0.39 is 0 Å². The summed E-state index contributed by atoms with van der Waals surface area (Å²) in [7, 11) is 1.39. The van der Waals surface area contributed by atoms with Crippen molar-refractivity contribution in [2.24, 2.45) is 0 Å². The number of hydrogen-bond donors (Lipinski definition) is 0. The Bertz CT molecular complexity index is 579. The maximum Gasteiger partial charge on any atom is 0.312 e. The van der Waals surface area contributed by atoms with Crippen LogP contribution in [0.4, 0.5) is 0 Å². The molecule has 0 saturated heterocycles. The number of carbonyl (C=O) groups excluding carboxylic acids is 1. The van der Waals surface area contributed by atoms with Crippen LogP contribution in [0.25, 0.3) is 11.1 Å². The van der Waals surface area contributed by atoms with Crippen molar-refractivity contribution in [2.75, 3.05) is 7.11 Å². The largest absolute Gasteiger partial charge is 0.469 e. The fourth-order valence-corrected chi connectivity index (χ4v) is 2.26. The lowest BCUT2D eigenvalue weighted by Gasteiger charge is -2.12. The summed E-state index contributed by atoms with van der Waals surface area (Å²) in [6, 6.07) is 15.6. The molecule has 1 atom stereocenters. The molecular formula is C16H15ClO2. The van der Waals surface area contributed by atoms with E-state index in [0.29, 0.717) is 5.02 Å². The van der Waals surface area contributed by atoms with E-state index in [1.165, 1.54) is 7.11 Å². The predicted octanol–water partition coefficient (Wildman–Crippen LogP) is 4.28. The molecule has 0 spiro atoms. The molecule has 0 radical (unpaired) electrons. The molecule has 0 saturated carbocycles. The van der Waals surface area contributed by atoms with Gasteiger partial charge in [-0.1, -0.05) is 54.1 Å². The van der Waals surface area contributed by atoms with Gasteiger partial charge in [0.25, 0.3) is 0 Å². The smallest absolute Gasteiger partial charge is 0.312 e. The SMILES string of the molecule is COC(=O)C(C)c1ccc(-c2ccccc2)c(Cl)c1. The zero-order valence-corrected chi connectivity index (χ0v) is 11.6. The van der Waals surface area contributed by atoms with Gasteiger partial charge in [-0.25, -0.2) is 0 Å². The number of halogens is 1. The second-order valence-corrected chi connectivity index (χ2v) is 4.76. The third-order valence-electron chi connectivity index (χ3n) is 3.13. The second-order valence-electron chi connectivity index (χ2n) is 4.35. The van der Waals surface area contributed by atoms with Gasteiger partial charge in [0, 0.05) is 10.6 Å². The van der Waals surface area contributed by atoms with Gasteiger partial charge in [0.2, 0.25) is 0 Å². The van der Waals surface area contributed by atoms with Gasteiger partial charge in [-0.3, -0.25) is 4.79 Å². The van der Waals surface area contributed by atoms with E-state index in [2.05, 4.69) is 0 Å². The van der Waals surface area contributed by atoms with Crippen LogP contribution in [0, 0.1) is 0 Å². The van der Waals surface area contributed by atoms with Crippen LogP contribution in [-0.4, -0.2) is 13.1 Å². The van der Waals surface area contributed by atoms with Gasteiger partial charge in [-0.2, -0.15) is 0 Å². The lowest BCUT2D eigenvalue weighted by Crippen LogP contribution is -2.10. The summed E-state index contributed by atoms with van der Waals surface area (Å²) in [6.45, 7) is 1.81. The van der Waals surface area contributed by atoms with Crippen LogP contribution in [0.2, 0.25) is 5.02 Å². The van der Waals surface area contributed by atoms with Crippen molar-refractivity contribution >= 4 is 17.6 Å². The van der Waals surface area contributed by atoms with Crippen molar-refractivity contribution in [3.05, 3.63) is 59.1 Å². The topological polar surface area (TPSA) is 26.3 Å². The van der Waals surface area contributed by atoms with Crippen molar-refractivity contribution in [1.82, 2.24) is 0 Å². The summed E-state index contributed by atoms with van der Waals surface area (Å²) in [6.07, 6.45) is 0. The number of carbonyl (C=O) groups is 1. The molecule has 0 aliphatic heterocycles. The van der Waals surface area contributed by atoms with Crippen LogP contribution >= 0.6 is 11.6 Å². The van der Waals surface area contributed by atoms with Crippen molar-refractivity contribution in [2.45, 2.75) is 12.8 Å². The van der Waals surface area contributed by atoms with Gasteiger partial charge >= 0.3 is 5.97 Å². The Morgan fingerprint density at radius 2 is 1.84 bits per heavy atom. The molecule has 2 aromatic carbocycles. The zero-order valence-electron chi connectivity index (χ0n) is 10.9. The minimum Gasteiger partial charge on any atom is -0.469 e. The van der Waals surface area contributed by atoms with Gasteiger partial charge in [0.1, 0.15) is 0 Å². The van der Waals surface area contributed by atoms with Crippen molar-refractivity contribution in [1.29, 1.82) is 0 Å². The lowest BCUT2D eigenvalue weighted by molar-refractivity contribution is -0.141. The van der Waals surface area contributed by atoms with Crippen LogP contribution in [-0.2, 0) is 9.53 Å². The van der Waals surface area contributed by atoms with E-state index >= 15 is 0 Å². The first-order chi connectivity index (χ1) is 9.13. The van der Waals surface area contributed by atoms with E-state index in [1.54, 1.807) is 6.92 Å². The average molecular weight is 275 g/mol. The number of benzene rings is 2. The molecule has 1 unspecified atom stereocenters. The molecule has 0 aliphatic rings. The Morgan fingerprint density at radius 1 is 1.16 bits per heavy atom. The molecule has 0 heterocycles. The molecule has 19 heavy (non-hydrogen) atoms. The highest BCUT2D eigenvalue weighted by atomic mass is 35.5. The van der Waals surface area contributed by atoms with E-state index in [0.717, 1.165) is 16.7 Å². The van der Waals surface area contributed by atoms with E-state index in [-0.39, 0.29) is 11.9 Å². The number of esters is 1. The maximum absolute atomic E-state index is 11.5. The molecule has 2 nitrogen and oxygen atoms in total. The number of methoxy groups -OCH3 is 1. The number of hydrogen-bond acceptors (Lipinski definition) is 2. The summed E-state index contributed by atoms with van der Waals surface area (Å²) in [5.74, 6) is -0.573. The van der Waals surface area contributed by atoms with Gasteiger partial charge in [0.15, 0.2) is 0 Å². The highest BCUT2D eigenvalue weighted by molar-refractivity contribution is 6.33. The van der Waals surface area contributed by atoms with E-state index in [9.17, 15) is 4.79 Å². The Balaban J connectivity index is 2.35. The van der Waals surface area contributed by atoms with Crippen LogP contribution < -0.4 is 0 Å². The van der Waals surface area contributed by atoms with Crippen molar-refractivity contribution in [3.63, 3.8) is 0 Å². The van der Waals surface area contributed by atoms with Crippen LogP contribution in [0.3, 0.4) is 0 Å². The Kier molecular flexibility index (Phi) is 4.23. The van der Waals surface area contributed by atoms with Crippen molar-refractivity contribution < 1.29 is 9.53 Å². The maximum atomic E-state index is 11.5. The standard InChI is InChI=1S/C16H15ClO2/c1-11(16(18)19-2)13-8-9-14(15(17)10-13)12-6-4-3-5-7-12/h3-11H,1-2H3. The third-order valence-corrected chi connectivity index (χ3v) is 3.45. The number of rotatable bonds is 3. The second kappa shape index (κ2) is 5.89. The van der Waals surface area contributed by atoms with Gasteiger partial charge in [0.05, 0.1) is 13.0 Å². The third kappa shape index (κ3) is 2.96. The minimum absolute atomic E-state index is 0.261. The molecule has 2 rings (SSSR count). The van der Waals surface area contributed by atoms with Gasteiger partial charge in [-0.15, -0.1) is 0 Å². The molecule has 0 fully saturated rings. The molecule has 3 heteroatoms. The fraction of sp³-hybridized carbons (Fsp3) is 0.188. The quantitative estimate of drug-likeness (QED) is 0.781. The molecular weight excluding hydrogens is 260 g/mol. The van der Waals surface area contributed by atoms with Crippen LogP contribution in [0.15, 0.2) is 48.5 Å². The lowest BCUT2D eigenvalue weighted by atomic mass is 9.97.